The molecule has 1 aliphatic rings. The second-order valence-electron chi connectivity index (χ2n) is 4.56. The van der Waals surface area contributed by atoms with E-state index in [9.17, 15) is 0 Å². The maximum Gasteiger partial charge on any atom is 0.0377 e. The number of hydrogen-bond donors (Lipinski definition) is 1. The second-order valence-corrected chi connectivity index (χ2v) is 5.41. The molecule has 0 heterocycles. The molecular formula is C13H19BrN2. The van der Waals surface area contributed by atoms with Gasteiger partial charge in [-0.25, -0.2) is 0 Å². The summed E-state index contributed by atoms with van der Waals surface area (Å²) in [6, 6.07) is 7.79. The van der Waals surface area contributed by atoms with Crippen molar-refractivity contribution >= 4 is 21.6 Å². The molecule has 1 atom stereocenters. The lowest BCUT2D eigenvalue weighted by Crippen LogP contribution is -2.19. The number of rotatable bonds is 4. The molecular weight excluding hydrogens is 264 g/mol. The quantitative estimate of drug-likeness (QED) is 0.911. The molecule has 1 aromatic rings. The standard InChI is InChI=1S/C13H19BrN2/c1-9(15-2)12-7-6-11(8-13(12)14)16(3)10-4-5-10/h6-10,15H,4-5H2,1-3H3. The molecule has 88 valence electrons. The van der Waals surface area contributed by atoms with E-state index in [1.165, 1.54) is 28.6 Å². The van der Waals surface area contributed by atoms with Gasteiger partial charge in [-0.2, -0.15) is 0 Å². The van der Waals surface area contributed by atoms with Crippen LogP contribution in [-0.2, 0) is 0 Å². The molecule has 1 fully saturated rings. The number of anilines is 1. The van der Waals surface area contributed by atoms with E-state index < -0.39 is 0 Å². The smallest absolute Gasteiger partial charge is 0.0377 e. The molecule has 1 saturated carbocycles. The minimum Gasteiger partial charge on any atom is -0.372 e. The zero-order valence-corrected chi connectivity index (χ0v) is 11.7. The lowest BCUT2D eigenvalue weighted by atomic mass is 10.1. The number of hydrogen-bond acceptors (Lipinski definition) is 2. The number of halogens is 1. The van der Waals surface area contributed by atoms with Gasteiger partial charge >= 0.3 is 0 Å². The highest BCUT2D eigenvalue weighted by Crippen LogP contribution is 2.33. The Bertz CT molecular complexity index is 374. The third-order valence-electron chi connectivity index (χ3n) is 3.39. The van der Waals surface area contributed by atoms with Gasteiger partial charge < -0.3 is 10.2 Å². The van der Waals surface area contributed by atoms with Crippen LogP contribution in [-0.4, -0.2) is 20.1 Å². The Balaban J connectivity index is 2.21. The first kappa shape index (κ1) is 11.9. The van der Waals surface area contributed by atoms with E-state index in [-0.39, 0.29) is 0 Å². The van der Waals surface area contributed by atoms with Crippen molar-refractivity contribution in [1.29, 1.82) is 0 Å². The van der Waals surface area contributed by atoms with E-state index in [1.807, 2.05) is 7.05 Å². The maximum absolute atomic E-state index is 3.66. The molecule has 0 saturated heterocycles. The summed E-state index contributed by atoms with van der Waals surface area (Å²) < 4.78 is 1.19. The monoisotopic (exact) mass is 282 g/mol. The summed E-state index contributed by atoms with van der Waals surface area (Å²) in [7, 11) is 4.17. The van der Waals surface area contributed by atoms with Crippen LogP contribution in [0.15, 0.2) is 22.7 Å². The maximum atomic E-state index is 3.66. The number of nitrogens with zero attached hydrogens (tertiary/aromatic N) is 1. The molecule has 3 heteroatoms. The van der Waals surface area contributed by atoms with Crippen molar-refractivity contribution in [3.05, 3.63) is 28.2 Å². The highest BCUT2D eigenvalue weighted by Gasteiger charge is 2.26. The molecule has 0 aliphatic heterocycles. The van der Waals surface area contributed by atoms with Crippen LogP contribution in [0.1, 0.15) is 31.4 Å². The first-order valence-corrected chi connectivity index (χ1v) is 6.62. The highest BCUT2D eigenvalue weighted by molar-refractivity contribution is 9.10. The predicted octanol–water partition coefficient (Wildman–Crippen LogP) is 3.33. The molecule has 0 bridgehead atoms. The van der Waals surface area contributed by atoms with Gasteiger partial charge in [0.1, 0.15) is 0 Å². The van der Waals surface area contributed by atoms with Gasteiger partial charge in [0.2, 0.25) is 0 Å². The second kappa shape index (κ2) is 4.76. The summed E-state index contributed by atoms with van der Waals surface area (Å²) in [6.45, 7) is 2.17. The molecule has 1 aliphatic carbocycles. The molecule has 0 aromatic heterocycles. The summed E-state index contributed by atoms with van der Waals surface area (Å²) in [6.07, 6.45) is 2.67. The zero-order valence-electron chi connectivity index (χ0n) is 10.1. The Labute approximate surface area is 106 Å². The van der Waals surface area contributed by atoms with Crippen molar-refractivity contribution in [1.82, 2.24) is 5.32 Å². The zero-order chi connectivity index (χ0) is 11.7. The van der Waals surface area contributed by atoms with Crippen LogP contribution < -0.4 is 10.2 Å². The topological polar surface area (TPSA) is 15.3 Å². The van der Waals surface area contributed by atoms with Gasteiger partial charge in [0.15, 0.2) is 0 Å². The van der Waals surface area contributed by atoms with Crippen LogP contribution in [0.5, 0.6) is 0 Å². The Morgan fingerprint density at radius 2 is 2.12 bits per heavy atom. The van der Waals surface area contributed by atoms with Crippen LogP contribution in [0.3, 0.4) is 0 Å². The normalized spacial score (nSPS) is 17.2. The van der Waals surface area contributed by atoms with Crippen LogP contribution >= 0.6 is 15.9 Å². The van der Waals surface area contributed by atoms with Crippen LogP contribution in [0.25, 0.3) is 0 Å². The fraction of sp³-hybridized carbons (Fsp3) is 0.538. The van der Waals surface area contributed by atoms with E-state index in [2.05, 4.69) is 58.3 Å². The summed E-state index contributed by atoms with van der Waals surface area (Å²) in [5.74, 6) is 0. The van der Waals surface area contributed by atoms with Crippen molar-refractivity contribution in [2.75, 3.05) is 19.0 Å². The van der Waals surface area contributed by atoms with Crippen molar-refractivity contribution in [3.63, 3.8) is 0 Å². The van der Waals surface area contributed by atoms with Crippen molar-refractivity contribution in [2.24, 2.45) is 0 Å². The number of nitrogens with one attached hydrogen (secondary N) is 1. The lowest BCUT2D eigenvalue weighted by molar-refractivity contribution is 0.649. The molecule has 2 nitrogen and oxygen atoms in total. The molecule has 2 rings (SSSR count). The van der Waals surface area contributed by atoms with Crippen LogP contribution in [0, 0.1) is 0 Å². The fourth-order valence-corrected chi connectivity index (χ4v) is 2.62. The van der Waals surface area contributed by atoms with E-state index in [0.29, 0.717) is 6.04 Å². The Morgan fingerprint density at radius 1 is 1.44 bits per heavy atom. The van der Waals surface area contributed by atoms with Crippen LogP contribution in [0.2, 0.25) is 0 Å². The minimum atomic E-state index is 0.384. The summed E-state index contributed by atoms with van der Waals surface area (Å²) in [4.78, 5) is 2.37. The van der Waals surface area contributed by atoms with Crippen molar-refractivity contribution < 1.29 is 0 Å². The van der Waals surface area contributed by atoms with Gasteiger partial charge in [0.25, 0.3) is 0 Å². The average molecular weight is 283 g/mol. The number of benzene rings is 1. The molecule has 0 spiro atoms. The van der Waals surface area contributed by atoms with Crippen molar-refractivity contribution in [2.45, 2.75) is 31.8 Å². The van der Waals surface area contributed by atoms with Gasteiger partial charge in [0.05, 0.1) is 0 Å². The summed E-state index contributed by atoms with van der Waals surface area (Å²) >= 11 is 3.66. The Kier molecular flexibility index (Phi) is 3.55. The molecule has 1 unspecified atom stereocenters. The van der Waals surface area contributed by atoms with Gasteiger partial charge in [-0.15, -0.1) is 0 Å². The van der Waals surface area contributed by atoms with Crippen LogP contribution in [0.4, 0.5) is 5.69 Å². The largest absolute Gasteiger partial charge is 0.372 e. The molecule has 1 N–H and O–H groups in total. The Morgan fingerprint density at radius 3 is 2.62 bits per heavy atom. The van der Waals surface area contributed by atoms with E-state index >= 15 is 0 Å². The highest BCUT2D eigenvalue weighted by atomic mass is 79.9. The predicted molar refractivity (Wildman–Crippen MR) is 73.0 cm³/mol. The van der Waals surface area contributed by atoms with Gasteiger partial charge in [-0.05, 0) is 44.5 Å². The van der Waals surface area contributed by atoms with E-state index in [1.54, 1.807) is 0 Å². The molecule has 16 heavy (non-hydrogen) atoms. The SMILES string of the molecule is CNC(C)c1ccc(N(C)C2CC2)cc1Br. The Hall–Kier alpha value is -0.540. The first-order valence-electron chi connectivity index (χ1n) is 5.83. The summed E-state index contributed by atoms with van der Waals surface area (Å²) in [5, 5.41) is 3.26. The van der Waals surface area contributed by atoms with E-state index in [0.717, 1.165) is 6.04 Å². The minimum absolute atomic E-state index is 0.384. The average Bonchev–Trinajstić information content (AvgIpc) is 3.10. The van der Waals surface area contributed by atoms with Gasteiger partial charge in [0, 0.05) is 29.3 Å². The fourth-order valence-electron chi connectivity index (χ4n) is 1.91. The molecule has 1 aromatic carbocycles. The van der Waals surface area contributed by atoms with Gasteiger partial charge in [-0.1, -0.05) is 22.0 Å². The molecule has 0 amide bonds. The first-order chi connectivity index (χ1) is 7.63. The van der Waals surface area contributed by atoms with Crippen molar-refractivity contribution in [3.8, 4) is 0 Å². The van der Waals surface area contributed by atoms with E-state index in [4.69, 9.17) is 0 Å². The summed E-state index contributed by atoms with van der Waals surface area (Å²) in [5.41, 5.74) is 2.62. The van der Waals surface area contributed by atoms with Gasteiger partial charge in [-0.3, -0.25) is 0 Å². The third-order valence-corrected chi connectivity index (χ3v) is 4.07. The lowest BCUT2D eigenvalue weighted by Gasteiger charge is -2.21. The molecule has 0 radical (unpaired) electrons. The third kappa shape index (κ3) is 2.41.